The maximum atomic E-state index is 11.1. The normalized spacial score (nSPS) is 26.4. The molecular weight excluding hydrogens is 208 g/mol. The second kappa shape index (κ2) is 5.81. The summed E-state index contributed by atoms with van der Waals surface area (Å²) >= 11 is 0. The van der Waals surface area contributed by atoms with E-state index in [1.54, 1.807) is 0 Å². The van der Waals surface area contributed by atoms with Crippen LogP contribution < -0.4 is 17.0 Å². The van der Waals surface area contributed by atoms with Gasteiger partial charge in [-0.3, -0.25) is 19.9 Å². The van der Waals surface area contributed by atoms with Gasteiger partial charge >= 0.3 is 0 Å². The van der Waals surface area contributed by atoms with Gasteiger partial charge in [-0.15, -0.1) is 0 Å². The molecule has 1 aliphatic rings. The van der Waals surface area contributed by atoms with Crippen LogP contribution in [0.3, 0.4) is 0 Å². The third kappa shape index (κ3) is 3.46. The van der Waals surface area contributed by atoms with Crippen LogP contribution >= 0.6 is 0 Å². The van der Waals surface area contributed by atoms with Crippen LogP contribution in [0.1, 0.15) is 26.2 Å². The molecule has 1 heterocycles. The Morgan fingerprint density at radius 1 is 1.44 bits per heavy atom. The van der Waals surface area contributed by atoms with Gasteiger partial charge in [0, 0.05) is 25.6 Å². The van der Waals surface area contributed by atoms with Crippen molar-refractivity contribution in [2.75, 3.05) is 13.1 Å². The maximum absolute atomic E-state index is 11.1. The summed E-state index contributed by atoms with van der Waals surface area (Å²) in [6, 6.07) is 0.390. The molecule has 2 unspecified atom stereocenters. The van der Waals surface area contributed by atoms with Crippen LogP contribution in [0.25, 0.3) is 0 Å². The van der Waals surface area contributed by atoms with Gasteiger partial charge in [0.25, 0.3) is 0 Å². The van der Waals surface area contributed by atoms with E-state index in [2.05, 4.69) is 17.2 Å². The van der Waals surface area contributed by atoms with Gasteiger partial charge in [-0.25, -0.2) is 5.84 Å². The van der Waals surface area contributed by atoms with Crippen LogP contribution in [-0.2, 0) is 9.59 Å². The topological polar surface area (TPSA) is 101 Å². The minimum absolute atomic E-state index is 0.0860. The third-order valence-corrected chi connectivity index (χ3v) is 3.20. The maximum Gasteiger partial charge on any atom is 0.235 e. The Balaban J connectivity index is 2.43. The summed E-state index contributed by atoms with van der Waals surface area (Å²) in [5.41, 5.74) is 7.39. The van der Waals surface area contributed by atoms with Crippen molar-refractivity contribution in [1.29, 1.82) is 0 Å². The molecule has 16 heavy (non-hydrogen) atoms. The lowest BCUT2D eigenvalue weighted by atomic mass is 9.93. The summed E-state index contributed by atoms with van der Waals surface area (Å²) in [5, 5.41) is 0. The van der Waals surface area contributed by atoms with Crippen LogP contribution in [0.15, 0.2) is 0 Å². The number of carbonyl (C=O) groups excluding carboxylic acids is 2. The Kier molecular flexibility index (Phi) is 4.70. The smallest absolute Gasteiger partial charge is 0.235 e. The Labute approximate surface area is 95.3 Å². The van der Waals surface area contributed by atoms with Crippen molar-refractivity contribution in [1.82, 2.24) is 10.3 Å². The molecule has 92 valence electrons. The molecule has 1 aliphatic heterocycles. The third-order valence-electron chi connectivity index (χ3n) is 3.20. The first-order chi connectivity index (χ1) is 7.54. The van der Waals surface area contributed by atoms with Crippen molar-refractivity contribution in [3.63, 3.8) is 0 Å². The molecule has 0 spiro atoms. The zero-order chi connectivity index (χ0) is 12.1. The fourth-order valence-electron chi connectivity index (χ4n) is 2.04. The average Bonchev–Trinajstić information content (AvgIpc) is 2.27. The van der Waals surface area contributed by atoms with Crippen molar-refractivity contribution in [3.05, 3.63) is 0 Å². The lowest BCUT2D eigenvalue weighted by Crippen LogP contribution is -2.47. The molecule has 6 heteroatoms. The molecule has 2 atom stereocenters. The lowest BCUT2D eigenvalue weighted by Gasteiger charge is -2.36. The monoisotopic (exact) mass is 228 g/mol. The molecule has 0 aromatic heterocycles. The van der Waals surface area contributed by atoms with E-state index < -0.39 is 0 Å². The fraction of sp³-hybridized carbons (Fsp3) is 0.800. The molecule has 2 amide bonds. The number of hydrogen-bond donors (Lipinski definition) is 3. The van der Waals surface area contributed by atoms with Gasteiger partial charge < -0.3 is 5.73 Å². The van der Waals surface area contributed by atoms with Crippen LogP contribution in [0.2, 0.25) is 0 Å². The minimum atomic E-state index is -0.250. The highest BCUT2D eigenvalue weighted by molar-refractivity contribution is 5.77. The molecule has 0 aromatic rings. The SMILES string of the molecule is CC1CCC(C(N)=O)CN1CCC(=O)NN. The Morgan fingerprint density at radius 3 is 2.69 bits per heavy atom. The number of hydrazine groups is 1. The molecule has 0 bridgehead atoms. The second-order valence-electron chi connectivity index (χ2n) is 4.34. The van der Waals surface area contributed by atoms with Crippen molar-refractivity contribution in [2.24, 2.45) is 17.5 Å². The van der Waals surface area contributed by atoms with Crippen LogP contribution in [0, 0.1) is 5.92 Å². The number of nitrogens with one attached hydrogen (secondary N) is 1. The predicted molar refractivity (Wildman–Crippen MR) is 59.9 cm³/mol. The number of rotatable bonds is 4. The largest absolute Gasteiger partial charge is 0.369 e. The number of carbonyl (C=O) groups is 2. The van der Waals surface area contributed by atoms with Crippen LogP contribution in [0.4, 0.5) is 0 Å². The van der Waals surface area contributed by atoms with Gasteiger partial charge in [-0.05, 0) is 19.8 Å². The van der Waals surface area contributed by atoms with E-state index in [0.29, 0.717) is 25.6 Å². The summed E-state index contributed by atoms with van der Waals surface area (Å²) < 4.78 is 0. The fourth-order valence-corrected chi connectivity index (χ4v) is 2.04. The van der Waals surface area contributed by atoms with Crippen molar-refractivity contribution in [3.8, 4) is 0 Å². The highest BCUT2D eigenvalue weighted by atomic mass is 16.2. The first-order valence-electron chi connectivity index (χ1n) is 5.57. The minimum Gasteiger partial charge on any atom is -0.369 e. The predicted octanol–water partition coefficient (Wildman–Crippen LogP) is -1.05. The van der Waals surface area contributed by atoms with E-state index in [9.17, 15) is 9.59 Å². The van der Waals surface area contributed by atoms with E-state index in [-0.39, 0.29) is 17.7 Å². The molecule has 1 fully saturated rings. The van der Waals surface area contributed by atoms with Gasteiger partial charge in [-0.2, -0.15) is 0 Å². The molecule has 0 radical (unpaired) electrons. The van der Waals surface area contributed by atoms with Crippen LogP contribution in [-0.4, -0.2) is 35.8 Å². The first-order valence-corrected chi connectivity index (χ1v) is 5.57. The number of nitrogens with zero attached hydrogens (tertiary/aromatic N) is 1. The zero-order valence-corrected chi connectivity index (χ0v) is 9.61. The standard InChI is InChI=1S/C10H20N4O2/c1-7-2-3-8(10(11)16)6-14(7)5-4-9(15)13-12/h7-8H,2-6,12H2,1H3,(H2,11,16)(H,13,15). The van der Waals surface area contributed by atoms with Gasteiger partial charge in [0.05, 0.1) is 5.92 Å². The Morgan fingerprint density at radius 2 is 2.12 bits per heavy atom. The lowest BCUT2D eigenvalue weighted by molar-refractivity contribution is -0.124. The highest BCUT2D eigenvalue weighted by Crippen LogP contribution is 2.21. The summed E-state index contributed by atoms with van der Waals surface area (Å²) in [4.78, 5) is 24.2. The zero-order valence-electron chi connectivity index (χ0n) is 9.61. The number of likely N-dealkylation sites (tertiary alicyclic amines) is 1. The summed E-state index contributed by atoms with van der Waals surface area (Å²) in [6.07, 6.45) is 2.14. The number of primary amides is 1. The number of piperidine rings is 1. The molecule has 6 nitrogen and oxygen atoms in total. The number of hydrogen-bond acceptors (Lipinski definition) is 4. The van der Waals surface area contributed by atoms with Crippen LogP contribution in [0.5, 0.6) is 0 Å². The quantitative estimate of drug-likeness (QED) is 0.325. The molecule has 5 N–H and O–H groups in total. The number of nitrogens with two attached hydrogens (primary N) is 2. The van der Waals surface area contributed by atoms with Crippen molar-refractivity contribution >= 4 is 11.8 Å². The molecular formula is C10H20N4O2. The molecule has 1 rings (SSSR count). The average molecular weight is 228 g/mol. The van der Waals surface area contributed by atoms with Gasteiger partial charge in [-0.1, -0.05) is 0 Å². The van der Waals surface area contributed by atoms with E-state index in [0.717, 1.165) is 12.8 Å². The van der Waals surface area contributed by atoms with E-state index in [1.807, 2.05) is 0 Å². The van der Waals surface area contributed by atoms with Crippen molar-refractivity contribution < 1.29 is 9.59 Å². The first kappa shape index (κ1) is 12.9. The van der Waals surface area contributed by atoms with E-state index in [1.165, 1.54) is 0 Å². The van der Waals surface area contributed by atoms with Crippen molar-refractivity contribution in [2.45, 2.75) is 32.2 Å². The molecule has 1 saturated heterocycles. The van der Waals surface area contributed by atoms with E-state index >= 15 is 0 Å². The molecule has 0 aromatic carbocycles. The Hall–Kier alpha value is -1.14. The second-order valence-corrected chi connectivity index (χ2v) is 4.34. The highest BCUT2D eigenvalue weighted by Gasteiger charge is 2.28. The number of amides is 2. The summed E-state index contributed by atoms with van der Waals surface area (Å²) in [6.45, 7) is 3.36. The summed E-state index contributed by atoms with van der Waals surface area (Å²) in [7, 11) is 0. The molecule has 0 saturated carbocycles. The summed E-state index contributed by atoms with van der Waals surface area (Å²) in [5.74, 6) is 4.48. The van der Waals surface area contributed by atoms with E-state index in [4.69, 9.17) is 11.6 Å². The van der Waals surface area contributed by atoms with Gasteiger partial charge in [0.15, 0.2) is 0 Å². The van der Waals surface area contributed by atoms with Gasteiger partial charge in [0.1, 0.15) is 0 Å². The van der Waals surface area contributed by atoms with Gasteiger partial charge in [0.2, 0.25) is 11.8 Å². The Bertz CT molecular complexity index is 270. The molecule has 0 aliphatic carbocycles.